The lowest BCUT2D eigenvalue weighted by Crippen LogP contribution is -2.13. The molecule has 0 aliphatic heterocycles. The highest BCUT2D eigenvalue weighted by Crippen LogP contribution is 2.36. The summed E-state index contributed by atoms with van der Waals surface area (Å²) in [5.74, 6) is -0.762. The first-order valence-corrected chi connectivity index (χ1v) is 10.5. The van der Waals surface area contributed by atoms with E-state index in [1.165, 1.54) is 32.0 Å². The fraction of sp³-hybridized carbons (Fsp3) is 0.167. The van der Waals surface area contributed by atoms with Crippen LogP contribution >= 0.6 is 11.3 Å². The average molecular weight is 432 g/mol. The molecule has 0 amide bonds. The van der Waals surface area contributed by atoms with Gasteiger partial charge >= 0.3 is 5.97 Å². The molecule has 0 aliphatic carbocycles. The number of sulfonamides is 1. The Morgan fingerprint density at radius 3 is 2.86 bits per heavy atom. The number of esters is 1. The van der Waals surface area contributed by atoms with Crippen molar-refractivity contribution in [3.05, 3.63) is 58.7 Å². The maximum atomic E-state index is 12.8. The fourth-order valence-electron chi connectivity index (χ4n) is 2.59. The van der Waals surface area contributed by atoms with Crippen LogP contribution < -0.4 is 9.46 Å². The maximum absolute atomic E-state index is 12.8. The molecule has 1 N–H and O–H groups in total. The number of carbonyl (C=O) groups is 1. The summed E-state index contributed by atoms with van der Waals surface area (Å²) < 4.78 is 39.1. The molecule has 0 bridgehead atoms. The van der Waals surface area contributed by atoms with Crippen LogP contribution in [-0.2, 0) is 21.3 Å². The minimum atomic E-state index is -4.01. The smallest absolute Gasteiger partial charge is 0.342 e. The molecule has 0 aliphatic rings. The summed E-state index contributed by atoms with van der Waals surface area (Å²) in [6, 6.07) is 9.11. The molecular formula is C18H16N4O5S2. The molecule has 3 rings (SSSR count). The molecule has 150 valence electrons. The predicted molar refractivity (Wildman–Crippen MR) is 106 cm³/mol. The molecule has 0 fully saturated rings. The van der Waals surface area contributed by atoms with Gasteiger partial charge in [0.25, 0.3) is 10.0 Å². The molecule has 0 spiro atoms. The van der Waals surface area contributed by atoms with Crippen molar-refractivity contribution in [1.29, 1.82) is 5.26 Å². The first-order chi connectivity index (χ1) is 13.9. The number of hydrogen-bond donors (Lipinski definition) is 1. The number of nitrogens with zero attached hydrogens (tertiary/aromatic N) is 3. The number of rotatable bonds is 7. The van der Waals surface area contributed by atoms with Crippen LogP contribution in [0.4, 0.5) is 5.69 Å². The van der Waals surface area contributed by atoms with Crippen LogP contribution in [0.1, 0.15) is 21.5 Å². The number of nitrogens with one attached hydrogen (secondary N) is 1. The second-order valence-electron chi connectivity index (χ2n) is 5.81. The van der Waals surface area contributed by atoms with Gasteiger partial charge in [-0.25, -0.2) is 13.2 Å². The molecule has 29 heavy (non-hydrogen) atoms. The number of benzene rings is 1. The van der Waals surface area contributed by atoms with Gasteiger partial charge in [-0.3, -0.25) is 9.40 Å². The Hall–Kier alpha value is -3.36. The van der Waals surface area contributed by atoms with Crippen LogP contribution in [0.3, 0.4) is 0 Å². The van der Waals surface area contributed by atoms with Crippen LogP contribution in [0.5, 0.6) is 5.75 Å². The van der Waals surface area contributed by atoms with Gasteiger partial charge in [-0.1, -0.05) is 12.1 Å². The summed E-state index contributed by atoms with van der Waals surface area (Å²) in [5, 5.41) is 14.5. The van der Waals surface area contributed by atoms with Gasteiger partial charge in [0.1, 0.15) is 5.56 Å². The zero-order chi connectivity index (χ0) is 21.0. The Kier molecular flexibility index (Phi) is 5.86. The van der Waals surface area contributed by atoms with Crippen molar-refractivity contribution in [1.82, 2.24) is 9.78 Å². The predicted octanol–water partition coefficient (Wildman–Crippen LogP) is 2.46. The lowest BCUT2D eigenvalue weighted by atomic mass is 10.1. The quantitative estimate of drug-likeness (QED) is 0.569. The molecule has 2 aromatic heterocycles. The van der Waals surface area contributed by atoms with Gasteiger partial charge in [-0.2, -0.15) is 10.4 Å². The summed E-state index contributed by atoms with van der Waals surface area (Å²) in [4.78, 5) is 11.8. The van der Waals surface area contributed by atoms with Crippen LogP contribution in [0.2, 0.25) is 0 Å². The zero-order valence-corrected chi connectivity index (χ0v) is 17.1. The first kappa shape index (κ1) is 20.4. The average Bonchev–Trinajstić information content (AvgIpc) is 3.34. The Morgan fingerprint density at radius 1 is 1.38 bits per heavy atom. The lowest BCUT2D eigenvalue weighted by molar-refractivity contribution is 0.0597. The topological polar surface area (TPSA) is 123 Å². The van der Waals surface area contributed by atoms with Crippen molar-refractivity contribution in [2.75, 3.05) is 18.9 Å². The third-order valence-corrected chi connectivity index (χ3v) is 6.73. The highest BCUT2D eigenvalue weighted by Gasteiger charge is 2.28. The van der Waals surface area contributed by atoms with Gasteiger partial charge < -0.3 is 9.47 Å². The summed E-state index contributed by atoms with van der Waals surface area (Å²) in [6.45, 7) is 0.367. The third kappa shape index (κ3) is 4.39. The minimum Gasteiger partial charge on any atom is -0.493 e. The van der Waals surface area contributed by atoms with Crippen molar-refractivity contribution < 1.29 is 22.7 Å². The molecule has 0 unspecified atom stereocenters. The highest BCUT2D eigenvalue weighted by atomic mass is 32.2. The fourth-order valence-corrected chi connectivity index (χ4v) is 5.04. The Labute approximate surface area is 171 Å². The first-order valence-electron chi connectivity index (χ1n) is 8.16. The number of nitriles is 1. The number of anilines is 1. The minimum absolute atomic E-state index is 0.0356. The van der Waals surface area contributed by atoms with E-state index in [2.05, 4.69) is 20.6 Å². The van der Waals surface area contributed by atoms with E-state index in [0.29, 0.717) is 12.1 Å². The second-order valence-corrected chi connectivity index (χ2v) is 8.56. The van der Waals surface area contributed by atoms with Gasteiger partial charge in [0.15, 0.2) is 9.96 Å². The molecule has 0 saturated carbocycles. The number of ether oxygens (including phenoxy) is 2. The van der Waals surface area contributed by atoms with E-state index in [9.17, 15) is 13.2 Å². The van der Waals surface area contributed by atoms with Crippen LogP contribution in [0.15, 0.2) is 46.2 Å². The van der Waals surface area contributed by atoms with Crippen molar-refractivity contribution in [2.45, 2.75) is 10.8 Å². The van der Waals surface area contributed by atoms with Gasteiger partial charge in [0, 0.05) is 11.6 Å². The lowest BCUT2D eigenvalue weighted by Gasteiger charge is -2.07. The SMILES string of the molecule is COC(=O)c1csc(S(=O)(=O)Nc2cnn(Cc3cccc(C#N)c3)c2)c1OC. The normalized spacial score (nSPS) is 10.9. The van der Waals surface area contributed by atoms with E-state index in [1.807, 2.05) is 6.07 Å². The molecule has 9 nitrogen and oxygen atoms in total. The van der Waals surface area contributed by atoms with Crippen molar-refractivity contribution >= 4 is 33.0 Å². The third-order valence-electron chi connectivity index (χ3n) is 3.85. The summed E-state index contributed by atoms with van der Waals surface area (Å²) in [7, 11) is -1.53. The molecule has 3 aromatic rings. The Bertz CT molecular complexity index is 1190. The number of methoxy groups -OCH3 is 2. The van der Waals surface area contributed by atoms with Crippen LogP contribution in [-0.4, -0.2) is 38.4 Å². The summed E-state index contributed by atoms with van der Waals surface area (Å²) in [6.07, 6.45) is 2.89. The number of aromatic nitrogens is 2. The Morgan fingerprint density at radius 2 is 2.17 bits per heavy atom. The molecule has 0 saturated heterocycles. The van der Waals surface area contributed by atoms with Crippen molar-refractivity contribution in [3.63, 3.8) is 0 Å². The zero-order valence-electron chi connectivity index (χ0n) is 15.4. The molecule has 0 radical (unpaired) electrons. The van der Waals surface area contributed by atoms with Gasteiger partial charge in [-0.05, 0) is 17.7 Å². The molecule has 1 aromatic carbocycles. The highest BCUT2D eigenvalue weighted by molar-refractivity contribution is 7.94. The maximum Gasteiger partial charge on any atom is 0.342 e. The van der Waals surface area contributed by atoms with Gasteiger partial charge in [-0.15, -0.1) is 11.3 Å². The van der Waals surface area contributed by atoms with E-state index in [-0.39, 0.29) is 21.2 Å². The monoisotopic (exact) mass is 432 g/mol. The van der Waals surface area contributed by atoms with E-state index >= 15 is 0 Å². The van der Waals surface area contributed by atoms with Crippen molar-refractivity contribution in [3.8, 4) is 11.8 Å². The summed E-state index contributed by atoms with van der Waals surface area (Å²) in [5.41, 5.74) is 1.66. The van der Waals surface area contributed by atoms with E-state index in [0.717, 1.165) is 16.9 Å². The second kappa shape index (κ2) is 8.34. The number of hydrogen-bond acceptors (Lipinski definition) is 8. The molecule has 2 heterocycles. The largest absolute Gasteiger partial charge is 0.493 e. The Balaban J connectivity index is 1.81. The molecule has 0 atom stereocenters. The van der Waals surface area contributed by atoms with Crippen LogP contribution in [0.25, 0.3) is 0 Å². The van der Waals surface area contributed by atoms with E-state index in [1.54, 1.807) is 22.9 Å². The van der Waals surface area contributed by atoms with E-state index in [4.69, 9.17) is 10.00 Å². The molecular weight excluding hydrogens is 416 g/mol. The van der Waals surface area contributed by atoms with E-state index < -0.39 is 16.0 Å². The van der Waals surface area contributed by atoms with Gasteiger partial charge in [0.2, 0.25) is 0 Å². The number of carbonyl (C=O) groups excluding carboxylic acids is 1. The summed E-state index contributed by atoms with van der Waals surface area (Å²) >= 11 is 0.850. The molecule has 11 heteroatoms. The number of thiophene rings is 1. The van der Waals surface area contributed by atoms with Crippen LogP contribution in [0, 0.1) is 11.3 Å². The standard InChI is InChI=1S/C18H16N4O5S2/c1-26-16-15(17(23)27-2)11-28-18(16)29(24,25)21-14-8-20-22(10-14)9-13-5-3-4-12(6-13)7-19/h3-6,8,10-11,21H,9H2,1-2H3. The van der Waals surface area contributed by atoms with Crippen molar-refractivity contribution in [2.24, 2.45) is 0 Å². The van der Waals surface area contributed by atoms with Gasteiger partial charge in [0.05, 0.1) is 44.3 Å².